The van der Waals surface area contributed by atoms with E-state index in [9.17, 15) is 4.79 Å². The van der Waals surface area contributed by atoms with Crippen molar-refractivity contribution < 1.29 is 9.53 Å². The fourth-order valence-electron chi connectivity index (χ4n) is 3.22. The normalized spacial score (nSPS) is 14.0. The van der Waals surface area contributed by atoms with Crippen LogP contribution in [-0.2, 0) is 0 Å². The van der Waals surface area contributed by atoms with Gasteiger partial charge in [-0.2, -0.15) is 5.10 Å². The Morgan fingerprint density at radius 1 is 1.32 bits per heavy atom. The minimum Gasteiger partial charge on any atom is -0.490 e. The number of nitrogens with zero attached hydrogens (tertiary/aromatic N) is 4. The molecule has 1 aliphatic heterocycles. The molecule has 3 aromatic heterocycles. The van der Waals surface area contributed by atoms with Crippen molar-refractivity contribution in [2.24, 2.45) is 0 Å². The molecule has 0 spiro atoms. The van der Waals surface area contributed by atoms with Gasteiger partial charge < -0.3 is 15.4 Å². The summed E-state index contributed by atoms with van der Waals surface area (Å²) in [6.45, 7) is 6.11. The minimum atomic E-state index is -0.257. The first-order valence-electron chi connectivity index (χ1n) is 9.32. The van der Waals surface area contributed by atoms with Crippen LogP contribution in [0.2, 0.25) is 0 Å². The monoisotopic (exact) mass is 378 g/mol. The average molecular weight is 378 g/mol. The second kappa shape index (κ2) is 7.77. The molecule has 4 heterocycles. The molecule has 4 rings (SSSR count). The number of carbonyl (C=O) groups excluding carboxylic acids is 1. The predicted molar refractivity (Wildman–Crippen MR) is 107 cm³/mol. The molecule has 0 saturated carbocycles. The largest absolute Gasteiger partial charge is 0.490 e. The summed E-state index contributed by atoms with van der Waals surface area (Å²) in [6, 6.07) is 7.14. The average Bonchev–Trinajstić information content (AvgIpc) is 3.04. The second-order valence-electron chi connectivity index (χ2n) is 6.53. The van der Waals surface area contributed by atoms with Crippen LogP contribution in [0, 0.1) is 6.92 Å². The Labute approximate surface area is 162 Å². The Balaban J connectivity index is 1.53. The van der Waals surface area contributed by atoms with Crippen LogP contribution in [0.4, 0.5) is 5.82 Å². The number of aromatic nitrogens is 4. The van der Waals surface area contributed by atoms with Crippen LogP contribution in [0.1, 0.15) is 35.1 Å². The van der Waals surface area contributed by atoms with Crippen LogP contribution in [0.5, 0.6) is 5.75 Å². The molecule has 0 radical (unpaired) electrons. The summed E-state index contributed by atoms with van der Waals surface area (Å²) < 4.78 is 7.37. The quantitative estimate of drug-likeness (QED) is 0.708. The molecule has 3 aromatic rings. The molecule has 0 aromatic carbocycles. The van der Waals surface area contributed by atoms with E-state index in [0.717, 1.165) is 36.4 Å². The van der Waals surface area contributed by atoms with E-state index >= 15 is 0 Å². The molecular weight excluding hydrogens is 356 g/mol. The van der Waals surface area contributed by atoms with Gasteiger partial charge in [0.15, 0.2) is 11.6 Å². The zero-order valence-electron chi connectivity index (χ0n) is 15.9. The Bertz CT molecular complexity index is 1040. The van der Waals surface area contributed by atoms with Crippen LogP contribution in [-0.4, -0.2) is 45.4 Å². The van der Waals surface area contributed by atoms with Crippen molar-refractivity contribution in [3.63, 3.8) is 0 Å². The van der Waals surface area contributed by atoms with Crippen LogP contribution in [0.25, 0.3) is 11.1 Å². The summed E-state index contributed by atoms with van der Waals surface area (Å²) in [5.41, 5.74) is 4.06. The first-order valence-corrected chi connectivity index (χ1v) is 9.32. The Morgan fingerprint density at radius 2 is 2.21 bits per heavy atom. The van der Waals surface area contributed by atoms with E-state index in [-0.39, 0.29) is 5.91 Å². The zero-order valence-corrected chi connectivity index (χ0v) is 15.9. The third-order valence-electron chi connectivity index (χ3n) is 4.60. The highest BCUT2D eigenvalue weighted by atomic mass is 16.5. The van der Waals surface area contributed by atoms with Crippen LogP contribution in [0.15, 0.2) is 36.5 Å². The number of anilines is 1. The molecule has 0 bridgehead atoms. The number of amides is 1. The van der Waals surface area contributed by atoms with Crippen molar-refractivity contribution in [2.75, 3.05) is 25.0 Å². The van der Waals surface area contributed by atoms with E-state index in [0.29, 0.717) is 23.7 Å². The number of hydrogen-bond donors (Lipinski definition) is 2. The highest BCUT2D eigenvalue weighted by Crippen LogP contribution is 2.25. The van der Waals surface area contributed by atoms with Gasteiger partial charge in [0.05, 0.1) is 12.3 Å². The first kappa shape index (κ1) is 18.1. The van der Waals surface area contributed by atoms with E-state index < -0.39 is 0 Å². The van der Waals surface area contributed by atoms with E-state index in [2.05, 4.69) is 32.0 Å². The second-order valence-corrected chi connectivity index (χ2v) is 6.53. The van der Waals surface area contributed by atoms with E-state index in [1.807, 2.05) is 19.9 Å². The lowest BCUT2D eigenvalue weighted by atomic mass is 10.1. The van der Waals surface area contributed by atoms with Crippen LogP contribution < -0.4 is 15.4 Å². The number of nitrogens with one attached hydrogen (secondary N) is 2. The first-order chi connectivity index (χ1) is 13.7. The molecule has 0 fully saturated rings. The summed E-state index contributed by atoms with van der Waals surface area (Å²) in [6.07, 6.45) is 4.79. The molecule has 28 heavy (non-hydrogen) atoms. The number of pyridine rings is 1. The van der Waals surface area contributed by atoms with Crippen molar-refractivity contribution in [2.45, 2.75) is 20.3 Å². The summed E-state index contributed by atoms with van der Waals surface area (Å²) in [7, 11) is 0. The number of hydrogen-bond acceptors (Lipinski definition) is 6. The van der Waals surface area contributed by atoms with Crippen LogP contribution >= 0.6 is 0 Å². The highest BCUT2D eigenvalue weighted by Gasteiger charge is 2.15. The fraction of sp³-hybridized carbons (Fsp3) is 0.300. The molecule has 1 amide bonds. The lowest BCUT2D eigenvalue weighted by Crippen LogP contribution is -2.20. The van der Waals surface area contributed by atoms with Gasteiger partial charge in [0.25, 0.3) is 5.91 Å². The fourth-order valence-corrected chi connectivity index (χ4v) is 3.22. The van der Waals surface area contributed by atoms with Gasteiger partial charge in [-0.05, 0) is 56.7 Å². The number of ether oxygens (including phenoxy) is 1. The van der Waals surface area contributed by atoms with Gasteiger partial charge in [-0.15, -0.1) is 10.2 Å². The minimum absolute atomic E-state index is 0.257. The third-order valence-corrected chi connectivity index (χ3v) is 4.60. The molecule has 0 saturated heterocycles. The van der Waals surface area contributed by atoms with Gasteiger partial charge in [-0.3, -0.25) is 4.79 Å². The molecule has 0 unspecified atom stereocenters. The van der Waals surface area contributed by atoms with Crippen molar-refractivity contribution >= 4 is 22.8 Å². The highest BCUT2D eigenvalue weighted by molar-refractivity contribution is 6.04. The van der Waals surface area contributed by atoms with Crippen molar-refractivity contribution in [1.29, 1.82) is 0 Å². The summed E-state index contributed by atoms with van der Waals surface area (Å²) in [5, 5.41) is 18.9. The lowest BCUT2D eigenvalue weighted by Gasteiger charge is -2.13. The van der Waals surface area contributed by atoms with Gasteiger partial charge in [0.2, 0.25) is 0 Å². The van der Waals surface area contributed by atoms with Gasteiger partial charge in [0.1, 0.15) is 11.2 Å². The summed E-state index contributed by atoms with van der Waals surface area (Å²) in [4.78, 5) is 12.7. The van der Waals surface area contributed by atoms with Gasteiger partial charge >= 0.3 is 0 Å². The molecule has 8 heteroatoms. The molecule has 1 aliphatic rings. The van der Waals surface area contributed by atoms with E-state index in [4.69, 9.17) is 4.74 Å². The predicted octanol–water partition coefficient (Wildman–Crippen LogP) is 2.46. The van der Waals surface area contributed by atoms with Crippen LogP contribution in [0.3, 0.4) is 0 Å². The Kier molecular flexibility index (Phi) is 5.03. The molecule has 8 nitrogen and oxygen atoms in total. The number of rotatable bonds is 5. The maximum atomic E-state index is 12.7. The zero-order chi connectivity index (χ0) is 19.5. The van der Waals surface area contributed by atoms with E-state index in [1.54, 1.807) is 28.9 Å². The topological polar surface area (TPSA) is 93.4 Å². The lowest BCUT2D eigenvalue weighted by molar-refractivity contribution is 0.102. The molecule has 144 valence electrons. The molecule has 0 aliphatic carbocycles. The Hall–Kier alpha value is -3.26. The number of aryl methyl sites for hydroxylation is 1. The van der Waals surface area contributed by atoms with Gasteiger partial charge in [-0.25, -0.2) is 4.52 Å². The van der Waals surface area contributed by atoms with Gasteiger partial charge in [0, 0.05) is 18.3 Å². The SMILES string of the molecule is CCOc1c(C)nn2ccc(C(=O)Nc3ccc(C4=CCNCC4)nn3)cc12. The third kappa shape index (κ3) is 3.59. The van der Waals surface area contributed by atoms with Gasteiger partial charge in [-0.1, -0.05) is 6.08 Å². The molecular formula is C20H22N6O2. The number of fused-ring (bicyclic) bond motifs is 1. The van der Waals surface area contributed by atoms with Crippen molar-refractivity contribution in [3.8, 4) is 5.75 Å². The van der Waals surface area contributed by atoms with Crippen molar-refractivity contribution in [1.82, 2.24) is 25.1 Å². The maximum Gasteiger partial charge on any atom is 0.256 e. The summed E-state index contributed by atoms with van der Waals surface area (Å²) >= 11 is 0. The number of carbonyl (C=O) groups is 1. The Morgan fingerprint density at radius 3 is 2.93 bits per heavy atom. The van der Waals surface area contributed by atoms with Crippen molar-refractivity contribution in [3.05, 3.63) is 53.5 Å². The maximum absolute atomic E-state index is 12.7. The smallest absolute Gasteiger partial charge is 0.256 e. The van der Waals surface area contributed by atoms with E-state index in [1.165, 1.54) is 5.57 Å². The summed E-state index contributed by atoms with van der Waals surface area (Å²) in [5.74, 6) is 0.848. The standard InChI is InChI=1S/C20H22N6O2/c1-3-28-19-13(2)25-26-11-8-15(12-17(19)26)20(27)22-18-5-4-16(23-24-18)14-6-9-21-10-7-14/h4-6,8,11-12,21H,3,7,9-10H2,1-2H3,(H,22,24,27). The molecule has 0 atom stereocenters. The molecule has 2 N–H and O–H groups in total.